The summed E-state index contributed by atoms with van der Waals surface area (Å²) in [6.07, 6.45) is 1.25. The summed E-state index contributed by atoms with van der Waals surface area (Å²) < 4.78 is 4.91. The maximum Gasteiger partial charge on any atom is 0.271 e. The Morgan fingerprint density at radius 3 is 2.58 bits per heavy atom. The minimum Gasteiger partial charge on any atom is -0.503 e. The fourth-order valence-corrected chi connectivity index (χ4v) is 1.99. The van der Waals surface area contributed by atoms with E-state index in [4.69, 9.17) is 16.3 Å². The molecule has 1 amide bonds. The van der Waals surface area contributed by atoms with Gasteiger partial charge in [-0.1, -0.05) is 11.6 Å². The number of phenolic OH excluding ortho intramolecular Hbond substituents is 1. The van der Waals surface area contributed by atoms with Crippen molar-refractivity contribution in [1.82, 2.24) is 5.43 Å². The van der Waals surface area contributed by atoms with Gasteiger partial charge in [-0.05, 0) is 24.3 Å². The number of ether oxygens (including phenoxy) is 1. The van der Waals surface area contributed by atoms with Gasteiger partial charge in [-0.25, -0.2) is 5.43 Å². The Morgan fingerprint density at radius 1 is 1.33 bits per heavy atom. The van der Waals surface area contributed by atoms with Gasteiger partial charge in [0, 0.05) is 23.3 Å². The van der Waals surface area contributed by atoms with Gasteiger partial charge in [0.1, 0.15) is 0 Å². The first kappa shape index (κ1) is 17.2. The van der Waals surface area contributed by atoms with Crippen LogP contribution in [0.1, 0.15) is 15.9 Å². The fraction of sp³-hybridized carbons (Fsp3) is 0.0667. The average molecular weight is 350 g/mol. The van der Waals surface area contributed by atoms with Gasteiger partial charge < -0.3 is 9.84 Å². The third-order valence-electron chi connectivity index (χ3n) is 3.04. The molecule has 24 heavy (non-hydrogen) atoms. The zero-order chi connectivity index (χ0) is 17.7. The van der Waals surface area contributed by atoms with Gasteiger partial charge in [-0.3, -0.25) is 14.9 Å². The third kappa shape index (κ3) is 3.79. The highest BCUT2D eigenvalue weighted by molar-refractivity contribution is 6.34. The van der Waals surface area contributed by atoms with Crippen molar-refractivity contribution in [2.45, 2.75) is 0 Å². The van der Waals surface area contributed by atoms with Gasteiger partial charge in [0.2, 0.25) is 0 Å². The Labute approximate surface area is 141 Å². The van der Waals surface area contributed by atoms with Crippen molar-refractivity contribution in [3.63, 3.8) is 0 Å². The molecule has 0 atom stereocenters. The highest BCUT2D eigenvalue weighted by Crippen LogP contribution is 2.35. The number of halogens is 1. The molecule has 0 spiro atoms. The predicted octanol–water partition coefficient (Wildman–Crippen LogP) is 2.73. The lowest BCUT2D eigenvalue weighted by Crippen LogP contribution is -2.17. The average Bonchev–Trinajstić information content (AvgIpc) is 2.58. The number of rotatable bonds is 5. The van der Waals surface area contributed by atoms with E-state index in [1.165, 1.54) is 43.7 Å². The number of benzene rings is 2. The van der Waals surface area contributed by atoms with E-state index in [1.807, 2.05) is 0 Å². The molecule has 9 heteroatoms. The molecule has 0 fully saturated rings. The number of aromatic hydroxyl groups is 1. The van der Waals surface area contributed by atoms with Gasteiger partial charge in [0.15, 0.2) is 11.5 Å². The lowest BCUT2D eigenvalue weighted by Gasteiger charge is -2.06. The molecule has 0 heterocycles. The van der Waals surface area contributed by atoms with Crippen LogP contribution < -0.4 is 10.2 Å². The van der Waals surface area contributed by atoms with E-state index in [1.54, 1.807) is 6.07 Å². The van der Waals surface area contributed by atoms with Crippen LogP contribution in [-0.2, 0) is 0 Å². The summed E-state index contributed by atoms with van der Waals surface area (Å²) in [6.45, 7) is 0. The first-order valence-electron chi connectivity index (χ1n) is 6.57. The van der Waals surface area contributed by atoms with Crippen LogP contribution in [0.5, 0.6) is 11.5 Å². The van der Waals surface area contributed by atoms with Crippen LogP contribution in [0.25, 0.3) is 0 Å². The lowest BCUT2D eigenvalue weighted by atomic mass is 10.2. The van der Waals surface area contributed by atoms with Crippen LogP contribution in [0.3, 0.4) is 0 Å². The summed E-state index contributed by atoms with van der Waals surface area (Å²) in [5.41, 5.74) is 2.73. The number of nitrogens with one attached hydrogen (secondary N) is 1. The minimum atomic E-state index is -0.558. The molecule has 0 saturated carbocycles. The van der Waals surface area contributed by atoms with Crippen LogP contribution in [0, 0.1) is 10.1 Å². The molecule has 0 unspecified atom stereocenters. The van der Waals surface area contributed by atoms with E-state index < -0.39 is 10.8 Å². The van der Waals surface area contributed by atoms with E-state index in [9.17, 15) is 20.0 Å². The van der Waals surface area contributed by atoms with E-state index in [0.29, 0.717) is 5.56 Å². The fourth-order valence-electron chi connectivity index (χ4n) is 1.79. The number of carbonyl (C=O) groups is 1. The molecule has 2 rings (SSSR count). The molecule has 124 valence electrons. The molecule has 0 radical (unpaired) electrons. The van der Waals surface area contributed by atoms with Gasteiger partial charge in [0.25, 0.3) is 11.6 Å². The zero-order valence-electron chi connectivity index (χ0n) is 12.4. The first-order chi connectivity index (χ1) is 11.4. The van der Waals surface area contributed by atoms with E-state index in [2.05, 4.69) is 10.5 Å². The topological polar surface area (TPSA) is 114 Å². The monoisotopic (exact) mass is 349 g/mol. The molecule has 0 bridgehead atoms. The van der Waals surface area contributed by atoms with Gasteiger partial charge in [0.05, 0.1) is 23.3 Å². The number of hydrogen-bond acceptors (Lipinski definition) is 6. The highest BCUT2D eigenvalue weighted by Gasteiger charge is 2.11. The number of carbonyl (C=O) groups excluding carboxylic acids is 1. The number of amides is 1. The molecule has 0 aliphatic rings. The maximum absolute atomic E-state index is 11.9. The number of non-ortho nitro benzene ring substituents is 1. The van der Waals surface area contributed by atoms with Crippen LogP contribution in [0.4, 0.5) is 5.69 Å². The number of phenols is 1. The summed E-state index contributed by atoms with van der Waals surface area (Å²) in [7, 11) is 1.39. The Hall–Kier alpha value is -3.13. The molecule has 0 aliphatic carbocycles. The van der Waals surface area contributed by atoms with Crippen molar-refractivity contribution >= 4 is 29.4 Å². The van der Waals surface area contributed by atoms with Crippen molar-refractivity contribution in [3.05, 3.63) is 62.7 Å². The molecule has 2 N–H and O–H groups in total. The quantitative estimate of drug-likeness (QED) is 0.489. The number of hydrogen-bond donors (Lipinski definition) is 2. The first-order valence-corrected chi connectivity index (χ1v) is 6.95. The Balaban J connectivity index is 2.07. The molecule has 2 aromatic carbocycles. The van der Waals surface area contributed by atoms with Crippen LogP contribution >= 0.6 is 11.6 Å². The molecule has 0 aromatic heterocycles. The van der Waals surface area contributed by atoms with Crippen LogP contribution in [0.15, 0.2) is 41.5 Å². The molecular formula is C15H12ClN3O5. The Bertz CT molecular complexity index is 806. The number of methoxy groups -OCH3 is 1. The van der Waals surface area contributed by atoms with E-state index in [-0.39, 0.29) is 27.8 Å². The summed E-state index contributed by atoms with van der Waals surface area (Å²) in [5, 5.41) is 24.1. The van der Waals surface area contributed by atoms with Crippen LogP contribution in [-0.4, -0.2) is 29.3 Å². The second kappa shape index (κ2) is 7.42. The van der Waals surface area contributed by atoms with Crippen molar-refractivity contribution in [2.24, 2.45) is 5.10 Å². The van der Waals surface area contributed by atoms with Crippen molar-refractivity contribution in [3.8, 4) is 11.5 Å². The zero-order valence-corrected chi connectivity index (χ0v) is 13.1. The minimum absolute atomic E-state index is 0.0303. The summed E-state index contributed by atoms with van der Waals surface area (Å²) >= 11 is 5.96. The molecular weight excluding hydrogens is 338 g/mol. The standard InChI is InChI=1S/C15H12ClN3O5/c1-24-12-7-4-10(13(16)14(12)20)8-17-18-15(21)9-2-5-11(6-3-9)19(22)23/h2-8,20H,1H3,(H,18,21)/b17-8+. The number of hydrazone groups is 1. The molecule has 0 aliphatic heterocycles. The smallest absolute Gasteiger partial charge is 0.271 e. The largest absolute Gasteiger partial charge is 0.503 e. The Kier molecular flexibility index (Phi) is 5.33. The van der Waals surface area contributed by atoms with Gasteiger partial charge in [-0.2, -0.15) is 5.10 Å². The van der Waals surface area contributed by atoms with Crippen molar-refractivity contribution in [2.75, 3.05) is 7.11 Å². The Morgan fingerprint density at radius 2 is 2.00 bits per heavy atom. The van der Waals surface area contributed by atoms with E-state index in [0.717, 1.165) is 0 Å². The summed E-state index contributed by atoms with van der Waals surface area (Å²) in [6, 6.07) is 8.13. The SMILES string of the molecule is COc1ccc(/C=N/NC(=O)c2ccc([N+](=O)[O-])cc2)c(Cl)c1O. The lowest BCUT2D eigenvalue weighted by molar-refractivity contribution is -0.384. The molecule has 2 aromatic rings. The van der Waals surface area contributed by atoms with E-state index >= 15 is 0 Å². The van der Waals surface area contributed by atoms with Crippen molar-refractivity contribution < 1.29 is 19.6 Å². The number of nitrogens with zero attached hydrogens (tertiary/aromatic N) is 2. The molecule has 0 saturated heterocycles. The highest BCUT2D eigenvalue weighted by atomic mass is 35.5. The second-order valence-corrected chi connectivity index (χ2v) is 4.90. The van der Waals surface area contributed by atoms with Crippen molar-refractivity contribution in [1.29, 1.82) is 0 Å². The van der Waals surface area contributed by atoms with Gasteiger partial charge in [-0.15, -0.1) is 0 Å². The van der Waals surface area contributed by atoms with Gasteiger partial charge >= 0.3 is 0 Å². The molecule has 8 nitrogen and oxygen atoms in total. The predicted molar refractivity (Wildman–Crippen MR) is 87.8 cm³/mol. The maximum atomic E-state index is 11.9. The second-order valence-electron chi connectivity index (χ2n) is 4.52. The third-order valence-corrected chi connectivity index (χ3v) is 3.44. The normalized spacial score (nSPS) is 10.6. The van der Waals surface area contributed by atoms with Crippen LogP contribution in [0.2, 0.25) is 5.02 Å². The number of nitro benzene ring substituents is 1. The number of nitro groups is 1. The summed E-state index contributed by atoms with van der Waals surface area (Å²) in [4.78, 5) is 21.9. The summed E-state index contributed by atoms with van der Waals surface area (Å²) in [5.74, 6) is -0.563.